The van der Waals surface area contributed by atoms with Gasteiger partial charge in [-0.3, -0.25) is 0 Å². The van der Waals surface area contributed by atoms with Crippen LogP contribution in [0.2, 0.25) is 0 Å². The van der Waals surface area contributed by atoms with Gasteiger partial charge in [0.05, 0.1) is 6.04 Å². The zero-order valence-electron chi connectivity index (χ0n) is 10.3. The second kappa shape index (κ2) is 4.92. The lowest BCUT2D eigenvalue weighted by atomic mass is 10.1. The largest absolute Gasteiger partial charge is 0.475 e. The second-order valence-electron chi connectivity index (χ2n) is 5.01. The first kappa shape index (κ1) is 12.2. The zero-order chi connectivity index (χ0) is 12.4. The number of carboxylic acids is 1. The van der Waals surface area contributed by atoms with Crippen LogP contribution >= 0.6 is 0 Å². The molecule has 4 nitrogen and oxygen atoms in total. The highest BCUT2D eigenvalue weighted by atomic mass is 16.4. The van der Waals surface area contributed by atoms with Crippen LogP contribution in [0.1, 0.15) is 55.5 Å². The minimum absolute atomic E-state index is 0.00781. The van der Waals surface area contributed by atoms with Gasteiger partial charge in [-0.1, -0.05) is 6.92 Å². The van der Waals surface area contributed by atoms with Crippen molar-refractivity contribution in [1.82, 2.24) is 5.32 Å². The summed E-state index contributed by atoms with van der Waals surface area (Å²) in [5, 5.41) is 12.3. The molecule has 17 heavy (non-hydrogen) atoms. The molecule has 1 aromatic rings. The maximum Gasteiger partial charge on any atom is 0.371 e. The second-order valence-corrected chi connectivity index (χ2v) is 5.01. The first-order chi connectivity index (χ1) is 8.06. The molecule has 1 aromatic heterocycles. The predicted octanol–water partition coefficient (Wildman–Crippen LogP) is 2.82. The van der Waals surface area contributed by atoms with E-state index in [0.717, 1.165) is 5.92 Å². The summed E-state index contributed by atoms with van der Waals surface area (Å²) < 4.78 is 5.28. The van der Waals surface area contributed by atoms with E-state index < -0.39 is 5.97 Å². The van der Waals surface area contributed by atoms with Gasteiger partial charge in [-0.15, -0.1) is 0 Å². The van der Waals surface area contributed by atoms with Gasteiger partial charge in [0, 0.05) is 6.04 Å². The summed E-state index contributed by atoms with van der Waals surface area (Å²) in [7, 11) is 0. The van der Waals surface area contributed by atoms with Gasteiger partial charge < -0.3 is 14.8 Å². The van der Waals surface area contributed by atoms with Crippen molar-refractivity contribution in [2.75, 3.05) is 0 Å². The van der Waals surface area contributed by atoms with E-state index in [4.69, 9.17) is 9.52 Å². The third kappa shape index (κ3) is 2.88. The van der Waals surface area contributed by atoms with Crippen LogP contribution in [0.4, 0.5) is 0 Å². The molecule has 0 aromatic carbocycles. The van der Waals surface area contributed by atoms with E-state index >= 15 is 0 Å². The number of aromatic carboxylic acids is 1. The molecule has 4 heteroatoms. The number of hydrogen-bond donors (Lipinski definition) is 2. The molecule has 2 rings (SSSR count). The highest BCUT2D eigenvalue weighted by molar-refractivity contribution is 5.84. The highest BCUT2D eigenvalue weighted by Crippen LogP contribution is 2.27. The molecule has 0 bridgehead atoms. The Hall–Kier alpha value is -1.29. The number of rotatable bonds is 4. The van der Waals surface area contributed by atoms with Crippen LogP contribution in [0.25, 0.3) is 0 Å². The van der Waals surface area contributed by atoms with Crippen LogP contribution in [0.3, 0.4) is 0 Å². The minimum atomic E-state index is -1.02. The Kier molecular flexibility index (Phi) is 3.52. The molecule has 1 fully saturated rings. The molecule has 0 amide bonds. The summed E-state index contributed by atoms with van der Waals surface area (Å²) in [6, 6.07) is 3.84. The molecular weight excluding hydrogens is 218 g/mol. The van der Waals surface area contributed by atoms with Gasteiger partial charge >= 0.3 is 5.97 Å². The summed E-state index contributed by atoms with van der Waals surface area (Å²) in [6.45, 7) is 4.27. The summed E-state index contributed by atoms with van der Waals surface area (Å²) in [5.41, 5.74) is 0. The van der Waals surface area contributed by atoms with Gasteiger partial charge in [0.2, 0.25) is 5.76 Å². The van der Waals surface area contributed by atoms with E-state index in [2.05, 4.69) is 12.2 Å². The van der Waals surface area contributed by atoms with Crippen LogP contribution in [0.5, 0.6) is 0 Å². The molecule has 2 N–H and O–H groups in total. The SMILES string of the molecule is CC1CCC(NC(C)c2ccc(C(=O)O)o2)C1. The smallest absolute Gasteiger partial charge is 0.371 e. The van der Waals surface area contributed by atoms with Crippen molar-refractivity contribution < 1.29 is 14.3 Å². The van der Waals surface area contributed by atoms with Crippen molar-refractivity contribution in [3.8, 4) is 0 Å². The van der Waals surface area contributed by atoms with E-state index in [1.54, 1.807) is 6.07 Å². The Bertz CT molecular complexity index is 399. The molecule has 0 saturated heterocycles. The molecule has 1 saturated carbocycles. The molecule has 0 spiro atoms. The standard InChI is InChI=1S/C13H19NO3/c1-8-3-4-10(7-8)14-9(2)11-5-6-12(17-11)13(15)16/h5-6,8-10,14H,3-4,7H2,1-2H3,(H,15,16). The number of hydrogen-bond acceptors (Lipinski definition) is 3. The van der Waals surface area contributed by atoms with E-state index in [9.17, 15) is 4.79 Å². The maximum absolute atomic E-state index is 10.7. The molecule has 1 aliphatic carbocycles. The molecule has 0 radical (unpaired) electrons. The van der Waals surface area contributed by atoms with Gasteiger partial charge in [-0.2, -0.15) is 0 Å². The predicted molar refractivity (Wildman–Crippen MR) is 64.0 cm³/mol. The number of nitrogens with one attached hydrogen (secondary N) is 1. The maximum atomic E-state index is 10.7. The van der Waals surface area contributed by atoms with Crippen LogP contribution in [-0.4, -0.2) is 17.1 Å². The average Bonchev–Trinajstić information content (AvgIpc) is 2.86. The van der Waals surface area contributed by atoms with Crippen molar-refractivity contribution in [3.63, 3.8) is 0 Å². The third-order valence-electron chi connectivity index (χ3n) is 3.44. The number of carbonyl (C=O) groups is 1. The Balaban J connectivity index is 1.94. The van der Waals surface area contributed by atoms with E-state index in [1.807, 2.05) is 6.92 Å². The molecule has 94 valence electrons. The Morgan fingerprint density at radius 1 is 1.53 bits per heavy atom. The molecule has 3 atom stereocenters. The van der Waals surface area contributed by atoms with Crippen molar-refractivity contribution in [2.24, 2.45) is 5.92 Å². The lowest BCUT2D eigenvalue weighted by Crippen LogP contribution is -2.29. The fourth-order valence-corrected chi connectivity index (χ4v) is 2.49. The van der Waals surface area contributed by atoms with Crippen molar-refractivity contribution in [3.05, 3.63) is 23.7 Å². The van der Waals surface area contributed by atoms with Crippen LogP contribution in [-0.2, 0) is 0 Å². The Labute approximate surface area is 101 Å². The first-order valence-corrected chi connectivity index (χ1v) is 6.15. The van der Waals surface area contributed by atoms with E-state index in [0.29, 0.717) is 11.8 Å². The lowest BCUT2D eigenvalue weighted by molar-refractivity contribution is 0.0659. The number of carboxylic acid groups (broad SMARTS) is 1. The van der Waals surface area contributed by atoms with Crippen LogP contribution in [0.15, 0.2) is 16.5 Å². The lowest BCUT2D eigenvalue weighted by Gasteiger charge is -2.17. The number of furan rings is 1. The zero-order valence-corrected chi connectivity index (χ0v) is 10.3. The molecule has 1 heterocycles. The van der Waals surface area contributed by atoms with E-state index in [1.165, 1.54) is 25.3 Å². The van der Waals surface area contributed by atoms with Crippen LogP contribution in [0, 0.1) is 5.92 Å². The third-order valence-corrected chi connectivity index (χ3v) is 3.44. The summed E-state index contributed by atoms with van der Waals surface area (Å²) in [4.78, 5) is 10.7. The van der Waals surface area contributed by atoms with Gasteiger partial charge in [0.25, 0.3) is 0 Å². The van der Waals surface area contributed by atoms with Gasteiger partial charge in [0.1, 0.15) is 5.76 Å². The summed E-state index contributed by atoms with van der Waals surface area (Å²) in [5.74, 6) is 0.471. The minimum Gasteiger partial charge on any atom is -0.475 e. The fourth-order valence-electron chi connectivity index (χ4n) is 2.49. The molecule has 3 unspecified atom stereocenters. The van der Waals surface area contributed by atoms with Crippen molar-refractivity contribution in [2.45, 2.75) is 45.2 Å². The van der Waals surface area contributed by atoms with E-state index in [-0.39, 0.29) is 11.8 Å². The van der Waals surface area contributed by atoms with Crippen molar-refractivity contribution in [1.29, 1.82) is 0 Å². The van der Waals surface area contributed by atoms with Crippen molar-refractivity contribution >= 4 is 5.97 Å². The Morgan fingerprint density at radius 3 is 2.82 bits per heavy atom. The van der Waals surface area contributed by atoms with Crippen LogP contribution < -0.4 is 5.32 Å². The highest BCUT2D eigenvalue weighted by Gasteiger charge is 2.24. The monoisotopic (exact) mass is 237 g/mol. The summed E-state index contributed by atoms with van der Waals surface area (Å²) in [6.07, 6.45) is 3.65. The average molecular weight is 237 g/mol. The van der Waals surface area contributed by atoms with Gasteiger partial charge in [-0.05, 0) is 44.2 Å². The Morgan fingerprint density at radius 2 is 2.29 bits per heavy atom. The topological polar surface area (TPSA) is 62.5 Å². The van der Waals surface area contributed by atoms with Gasteiger partial charge in [0.15, 0.2) is 0 Å². The quantitative estimate of drug-likeness (QED) is 0.845. The first-order valence-electron chi connectivity index (χ1n) is 6.15. The molecule has 1 aliphatic rings. The normalized spacial score (nSPS) is 26.0. The molecule has 0 aliphatic heterocycles. The van der Waals surface area contributed by atoms with Gasteiger partial charge in [-0.25, -0.2) is 4.79 Å². The fraction of sp³-hybridized carbons (Fsp3) is 0.615. The summed E-state index contributed by atoms with van der Waals surface area (Å²) >= 11 is 0. The molecular formula is C13H19NO3.